The van der Waals surface area contributed by atoms with Gasteiger partial charge in [0.1, 0.15) is 5.82 Å². The lowest BCUT2D eigenvalue weighted by atomic mass is 10.1. The van der Waals surface area contributed by atoms with Crippen LogP contribution in [0.5, 0.6) is 0 Å². The van der Waals surface area contributed by atoms with Crippen molar-refractivity contribution in [2.24, 2.45) is 0 Å². The summed E-state index contributed by atoms with van der Waals surface area (Å²) in [6.07, 6.45) is 10.9. The van der Waals surface area contributed by atoms with Crippen molar-refractivity contribution in [3.63, 3.8) is 0 Å². The number of rotatable bonds is 6. The highest BCUT2D eigenvalue weighted by molar-refractivity contribution is 5.74. The molecular weight excluding hydrogens is 390 g/mol. The Morgan fingerprint density at radius 1 is 1.20 bits per heavy atom. The molecule has 2 amide bonds. The molecule has 0 bridgehead atoms. The molecule has 1 aromatic rings. The average molecular weight is 426 g/mol. The summed E-state index contributed by atoms with van der Waals surface area (Å²) in [5.74, 6) is 1.12. The van der Waals surface area contributed by atoms with Gasteiger partial charge in [0.05, 0.1) is 0 Å². The molecule has 2 aliphatic rings. The van der Waals surface area contributed by atoms with Crippen molar-refractivity contribution in [1.29, 1.82) is 0 Å². The largest absolute Gasteiger partial charge is 0.483 e. The number of nitrogens with one attached hydrogen (secondary N) is 1. The summed E-state index contributed by atoms with van der Waals surface area (Å²) >= 11 is 0. The highest BCUT2D eigenvalue weighted by Crippen LogP contribution is 2.20. The van der Waals surface area contributed by atoms with Crippen LogP contribution in [0.25, 0.3) is 0 Å². The molecule has 3 N–H and O–H groups in total. The Balaban J connectivity index is 0.000000672. The number of carboxylic acid groups (broad SMARTS) is 2. The van der Waals surface area contributed by atoms with E-state index < -0.39 is 0 Å². The molecule has 1 unspecified atom stereocenters. The normalized spacial score (nSPS) is 18.4. The van der Waals surface area contributed by atoms with E-state index in [1.807, 2.05) is 17.3 Å². The van der Waals surface area contributed by atoms with Gasteiger partial charge in [-0.1, -0.05) is 13.3 Å². The third-order valence-electron chi connectivity index (χ3n) is 5.33. The molecule has 10 nitrogen and oxygen atoms in total. The van der Waals surface area contributed by atoms with E-state index in [0.29, 0.717) is 6.04 Å². The molecular formula is C20H35N5O5. The molecule has 0 radical (unpaired) electrons. The van der Waals surface area contributed by atoms with Crippen LogP contribution in [0, 0.1) is 0 Å². The van der Waals surface area contributed by atoms with Crippen LogP contribution < -0.4 is 5.32 Å². The maximum absolute atomic E-state index is 12.3. The number of hydrogen-bond donors (Lipinski definition) is 3. The van der Waals surface area contributed by atoms with Crippen molar-refractivity contribution >= 4 is 19.0 Å². The molecule has 0 aliphatic carbocycles. The maximum atomic E-state index is 12.3. The van der Waals surface area contributed by atoms with Gasteiger partial charge in [-0.05, 0) is 38.8 Å². The number of carbonyl (C=O) groups excluding carboxylic acids is 1. The first-order valence-electron chi connectivity index (χ1n) is 10.5. The molecule has 1 aromatic heterocycles. The van der Waals surface area contributed by atoms with Crippen LogP contribution in [0.1, 0.15) is 44.9 Å². The van der Waals surface area contributed by atoms with Gasteiger partial charge in [0.15, 0.2) is 0 Å². The summed E-state index contributed by atoms with van der Waals surface area (Å²) in [5.41, 5.74) is 0. The van der Waals surface area contributed by atoms with Gasteiger partial charge in [0, 0.05) is 51.0 Å². The number of aromatic nitrogens is 2. The van der Waals surface area contributed by atoms with Crippen molar-refractivity contribution < 1.29 is 24.6 Å². The average Bonchev–Trinajstić information content (AvgIpc) is 3.42. The number of hydrogen-bond acceptors (Lipinski definition) is 5. The van der Waals surface area contributed by atoms with Crippen molar-refractivity contribution in [3.05, 3.63) is 18.2 Å². The maximum Gasteiger partial charge on any atom is 0.317 e. The van der Waals surface area contributed by atoms with Crippen LogP contribution in [0.3, 0.4) is 0 Å². The van der Waals surface area contributed by atoms with E-state index in [1.54, 1.807) is 0 Å². The third-order valence-corrected chi connectivity index (χ3v) is 5.33. The molecule has 2 fully saturated rings. The molecule has 10 heteroatoms. The highest BCUT2D eigenvalue weighted by Gasteiger charge is 2.30. The molecule has 0 aromatic carbocycles. The molecule has 0 saturated carbocycles. The number of carbonyl (C=O) groups is 3. The van der Waals surface area contributed by atoms with Gasteiger partial charge in [-0.15, -0.1) is 0 Å². The first-order chi connectivity index (χ1) is 14.6. The van der Waals surface area contributed by atoms with E-state index in [9.17, 15) is 4.79 Å². The molecule has 1 atom stereocenters. The molecule has 3 heterocycles. The number of nitrogens with zero attached hydrogens (tertiary/aromatic N) is 4. The van der Waals surface area contributed by atoms with E-state index in [-0.39, 0.29) is 19.0 Å². The number of amides is 2. The van der Waals surface area contributed by atoms with E-state index in [0.717, 1.165) is 51.3 Å². The second kappa shape index (κ2) is 15.3. The fraction of sp³-hybridized carbons (Fsp3) is 0.700. The number of likely N-dealkylation sites (tertiary alicyclic amines) is 2. The minimum atomic E-state index is -0.250. The van der Waals surface area contributed by atoms with Crippen LogP contribution >= 0.6 is 0 Å². The fourth-order valence-electron chi connectivity index (χ4n) is 3.92. The minimum absolute atomic E-state index is 0.107. The zero-order valence-corrected chi connectivity index (χ0v) is 17.8. The van der Waals surface area contributed by atoms with Crippen molar-refractivity contribution in [2.45, 2.75) is 58.0 Å². The Morgan fingerprint density at radius 2 is 1.87 bits per heavy atom. The van der Waals surface area contributed by atoms with E-state index in [2.05, 4.69) is 26.7 Å². The third kappa shape index (κ3) is 8.81. The van der Waals surface area contributed by atoms with Crippen molar-refractivity contribution in [3.8, 4) is 0 Å². The summed E-state index contributed by atoms with van der Waals surface area (Å²) in [6, 6.07) is 0.685. The molecule has 0 spiro atoms. The first kappa shape index (κ1) is 25.4. The van der Waals surface area contributed by atoms with Crippen LogP contribution in [0.15, 0.2) is 12.4 Å². The lowest BCUT2D eigenvalue weighted by molar-refractivity contribution is -0.123. The Bertz CT molecular complexity index is 612. The lowest BCUT2D eigenvalue weighted by Gasteiger charge is -2.32. The van der Waals surface area contributed by atoms with Gasteiger partial charge >= 0.3 is 6.03 Å². The summed E-state index contributed by atoms with van der Waals surface area (Å²) < 4.78 is 2.17. The Labute approximate surface area is 177 Å². The fourth-order valence-corrected chi connectivity index (χ4v) is 3.92. The second-order valence-corrected chi connectivity index (χ2v) is 7.17. The number of piperidine rings is 1. The standard InChI is InChI=1S/C18H31N5O.2CH2O2/c1-2-17-19-9-14-22(17)12-6-8-20-18(24)23-13-7-16(15-23)21-10-4-3-5-11-21;2*2-1-3/h9,14,16H,2-8,10-13,15H2,1H3,(H,20,24);2*1H,(H,2,3). The number of imidazole rings is 1. The van der Waals surface area contributed by atoms with Crippen LogP contribution in [0.4, 0.5) is 4.79 Å². The molecule has 2 saturated heterocycles. The van der Waals surface area contributed by atoms with Gasteiger partial charge in [-0.25, -0.2) is 9.78 Å². The van der Waals surface area contributed by atoms with Gasteiger partial charge in [0.25, 0.3) is 12.9 Å². The van der Waals surface area contributed by atoms with Crippen LogP contribution in [-0.4, -0.2) is 87.3 Å². The van der Waals surface area contributed by atoms with Crippen LogP contribution in [-0.2, 0) is 22.6 Å². The minimum Gasteiger partial charge on any atom is -0.483 e. The van der Waals surface area contributed by atoms with E-state index >= 15 is 0 Å². The van der Waals surface area contributed by atoms with Gasteiger partial charge in [0.2, 0.25) is 0 Å². The quantitative estimate of drug-likeness (QED) is 0.465. The van der Waals surface area contributed by atoms with Gasteiger partial charge < -0.3 is 25.0 Å². The zero-order valence-electron chi connectivity index (χ0n) is 17.8. The summed E-state index contributed by atoms with van der Waals surface area (Å²) in [4.78, 5) is 38.0. The first-order valence-corrected chi connectivity index (χ1v) is 10.5. The summed E-state index contributed by atoms with van der Waals surface area (Å²) in [7, 11) is 0. The van der Waals surface area contributed by atoms with Crippen LogP contribution in [0.2, 0.25) is 0 Å². The number of urea groups is 1. The second-order valence-electron chi connectivity index (χ2n) is 7.17. The smallest absolute Gasteiger partial charge is 0.317 e. The van der Waals surface area contributed by atoms with E-state index in [1.165, 1.54) is 32.4 Å². The zero-order chi connectivity index (χ0) is 22.2. The Hall–Kier alpha value is -2.62. The van der Waals surface area contributed by atoms with Crippen molar-refractivity contribution in [1.82, 2.24) is 24.7 Å². The molecule has 170 valence electrons. The summed E-state index contributed by atoms with van der Waals surface area (Å²) in [6.45, 7) is 7.48. The Kier molecular flexibility index (Phi) is 12.9. The lowest BCUT2D eigenvalue weighted by Crippen LogP contribution is -2.44. The number of aryl methyl sites for hydroxylation is 2. The summed E-state index contributed by atoms with van der Waals surface area (Å²) in [5, 5.41) is 16.9. The predicted octanol–water partition coefficient (Wildman–Crippen LogP) is 1.51. The topological polar surface area (TPSA) is 128 Å². The van der Waals surface area contributed by atoms with Crippen molar-refractivity contribution in [2.75, 3.05) is 32.7 Å². The van der Waals surface area contributed by atoms with E-state index in [4.69, 9.17) is 19.8 Å². The Morgan fingerprint density at radius 3 is 2.50 bits per heavy atom. The van der Waals surface area contributed by atoms with Gasteiger partial charge in [-0.2, -0.15) is 0 Å². The molecule has 2 aliphatic heterocycles. The highest BCUT2D eigenvalue weighted by atomic mass is 16.3. The van der Waals surface area contributed by atoms with Gasteiger partial charge in [-0.3, -0.25) is 14.5 Å². The monoisotopic (exact) mass is 425 g/mol. The SMILES string of the molecule is CCc1nccn1CCCNC(=O)N1CCC(N2CCCCC2)C1.O=CO.O=CO. The molecule has 30 heavy (non-hydrogen) atoms. The molecule has 3 rings (SSSR count). The predicted molar refractivity (Wildman–Crippen MR) is 112 cm³/mol.